The summed E-state index contributed by atoms with van der Waals surface area (Å²) in [5.41, 5.74) is 5.75. The first-order valence-electron chi connectivity index (χ1n) is 6.98. The fourth-order valence-electron chi connectivity index (χ4n) is 2.62. The molecule has 0 aromatic carbocycles. The summed E-state index contributed by atoms with van der Waals surface area (Å²) in [4.78, 5) is 5.52. The van der Waals surface area contributed by atoms with Gasteiger partial charge in [-0.05, 0) is 52.4 Å². The van der Waals surface area contributed by atoms with E-state index in [4.69, 9.17) is 18.0 Å². The van der Waals surface area contributed by atoms with Crippen LogP contribution in [-0.2, 0) is 0 Å². The molecule has 1 fully saturated rings. The molecule has 18 heavy (non-hydrogen) atoms. The number of nitrogens with two attached hydrogens (primary N) is 1. The summed E-state index contributed by atoms with van der Waals surface area (Å²) in [6.45, 7) is 9.16. The molecule has 1 heterocycles. The highest BCUT2D eigenvalue weighted by molar-refractivity contribution is 7.80. The summed E-state index contributed by atoms with van der Waals surface area (Å²) < 4.78 is 0. The first kappa shape index (κ1) is 15.9. The topological polar surface area (TPSA) is 32.5 Å². The van der Waals surface area contributed by atoms with Crippen LogP contribution in [0.1, 0.15) is 33.1 Å². The van der Waals surface area contributed by atoms with E-state index < -0.39 is 0 Å². The molecule has 1 aliphatic heterocycles. The molecule has 1 unspecified atom stereocenters. The molecule has 2 N–H and O–H groups in total. The predicted octanol–water partition coefficient (Wildman–Crippen LogP) is 1.96. The largest absolute Gasteiger partial charge is 0.393 e. The molecule has 106 valence electrons. The number of hydrogen-bond donors (Lipinski definition) is 1. The Labute approximate surface area is 118 Å². The van der Waals surface area contributed by atoms with E-state index >= 15 is 0 Å². The van der Waals surface area contributed by atoms with Gasteiger partial charge in [-0.2, -0.15) is 0 Å². The van der Waals surface area contributed by atoms with Crippen molar-refractivity contribution < 1.29 is 0 Å². The fourth-order valence-corrected chi connectivity index (χ4v) is 2.72. The second kappa shape index (κ2) is 6.83. The van der Waals surface area contributed by atoms with E-state index in [0.29, 0.717) is 4.99 Å². The van der Waals surface area contributed by atoms with E-state index in [1.54, 1.807) is 0 Å². The summed E-state index contributed by atoms with van der Waals surface area (Å²) in [6.07, 6.45) is 3.60. The first-order valence-corrected chi connectivity index (χ1v) is 7.39. The minimum Gasteiger partial charge on any atom is -0.393 e. The van der Waals surface area contributed by atoms with E-state index in [1.165, 1.54) is 32.5 Å². The van der Waals surface area contributed by atoms with Gasteiger partial charge in [-0.25, -0.2) is 0 Å². The standard InChI is InChI=1S/C14H29N3S/c1-14(2,13(15)18)7-5-8-16(3)10-12-6-9-17(4)11-12/h12H,5-11H2,1-4H3,(H2,15,18). The molecular formula is C14H29N3S. The molecule has 1 saturated heterocycles. The Balaban J connectivity index is 2.17. The monoisotopic (exact) mass is 271 g/mol. The molecule has 0 spiro atoms. The second-order valence-corrected chi connectivity index (χ2v) is 6.97. The molecule has 1 atom stereocenters. The molecule has 0 saturated carbocycles. The summed E-state index contributed by atoms with van der Waals surface area (Å²) in [5.74, 6) is 0.851. The predicted molar refractivity (Wildman–Crippen MR) is 82.9 cm³/mol. The first-order chi connectivity index (χ1) is 8.31. The molecule has 0 aromatic rings. The van der Waals surface area contributed by atoms with Crippen LogP contribution in [0.5, 0.6) is 0 Å². The molecule has 0 amide bonds. The van der Waals surface area contributed by atoms with Crippen molar-refractivity contribution in [1.82, 2.24) is 9.80 Å². The van der Waals surface area contributed by atoms with Crippen LogP contribution in [0.2, 0.25) is 0 Å². The highest BCUT2D eigenvalue weighted by atomic mass is 32.1. The molecule has 1 aliphatic rings. The van der Waals surface area contributed by atoms with Gasteiger partial charge in [0.25, 0.3) is 0 Å². The van der Waals surface area contributed by atoms with E-state index in [-0.39, 0.29) is 5.41 Å². The Morgan fingerprint density at radius 2 is 2.17 bits per heavy atom. The molecule has 3 nitrogen and oxygen atoms in total. The zero-order valence-electron chi connectivity index (χ0n) is 12.4. The van der Waals surface area contributed by atoms with Gasteiger partial charge in [0.1, 0.15) is 0 Å². The van der Waals surface area contributed by atoms with Crippen LogP contribution in [0.4, 0.5) is 0 Å². The molecular weight excluding hydrogens is 242 g/mol. The van der Waals surface area contributed by atoms with Crippen LogP contribution in [0, 0.1) is 11.3 Å². The summed E-state index contributed by atoms with van der Waals surface area (Å²) in [5, 5.41) is 0. The third-order valence-corrected chi connectivity index (χ3v) is 4.62. The lowest BCUT2D eigenvalue weighted by atomic mass is 9.88. The lowest BCUT2D eigenvalue weighted by molar-refractivity contribution is 0.260. The summed E-state index contributed by atoms with van der Waals surface area (Å²) in [6, 6.07) is 0. The summed E-state index contributed by atoms with van der Waals surface area (Å²) in [7, 11) is 4.44. The highest BCUT2D eigenvalue weighted by Gasteiger charge is 2.22. The highest BCUT2D eigenvalue weighted by Crippen LogP contribution is 2.23. The zero-order valence-corrected chi connectivity index (χ0v) is 13.2. The van der Waals surface area contributed by atoms with Gasteiger partial charge in [0, 0.05) is 18.5 Å². The van der Waals surface area contributed by atoms with Crippen molar-refractivity contribution in [2.75, 3.05) is 40.3 Å². The number of rotatable bonds is 7. The number of nitrogens with zero attached hydrogens (tertiary/aromatic N) is 2. The second-order valence-electron chi connectivity index (χ2n) is 6.53. The Bertz CT molecular complexity index is 278. The molecule has 0 aromatic heterocycles. The van der Waals surface area contributed by atoms with Crippen molar-refractivity contribution in [1.29, 1.82) is 0 Å². The maximum absolute atomic E-state index is 5.75. The maximum atomic E-state index is 5.75. The van der Waals surface area contributed by atoms with Crippen LogP contribution in [0.3, 0.4) is 0 Å². The average Bonchev–Trinajstić information content (AvgIpc) is 2.63. The average molecular weight is 271 g/mol. The number of likely N-dealkylation sites (tertiary alicyclic amines) is 1. The van der Waals surface area contributed by atoms with Crippen LogP contribution in [0.15, 0.2) is 0 Å². The smallest absolute Gasteiger partial charge is 0.0784 e. The van der Waals surface area contributed by atoms with E-state index in [0.717, 1.165) is 18.9 Å². The van der Waals surface area contributed by atoms with Crippen molar-refractivity contribution in [3.63, 3.8) is 0 Å². The number of hydrogen-bond acceptors (Lipinski definition) is 3. The number of thiocarbonyl (C=S) groups is 1. The van der Waals surface area contributed by atoms with Gasteiger partial charge in [-0.15, -0.1) is 0 Å². The van der Waals surface area contributed by atoms with Gasteiger partial charge < -0.3 is 15.5 Å². The van der Waals surface area contributed by atoms with Crippen molar-refractivity contribution in [3.05, 3.63) is 0 Å². The van der Waals surface area contributed by atoms with Crippen LogP contribution in [-0.4, -0.2) is 55.1 Å². The van der Waals surface area contributed by atoms with Gasteiger partial charge in [0.05, 0.1) is 4.99 Å². The van der Waals surface area contributed by atoms with Crippen molar-refractivity contribution in [2.45, 2.75) is 33.1 Å². The minimum absolute atomic E-state index is 0.00372. The Hall–Kier alpha value is -0.190. The normalized spacial score (nSPS) is 21.7. The van der Waals surface area contributed by atoms with Crippen LogP contribution in [0.25, 0.3) is 0 Å². The minimum atomic E-state index is 0.00372. The van der Waals surface area contributed by atoms with Gasteiger partial charge in [-0.1, -0.05) is 26.1 Å². The van der Waals surface area contributed by atoms with E-state index in [9.17, 15) is 0 Å². The molecule has 1 rings (SSSR count). The molecule has 4 heteroatoms. The third kappa shape index (κ3) is 5.21. The lowest BCUT2D eigenvalue weighted by Crippen LogP contribution is -2.32. The molecule has 0 radical (unpaired) electrons. The van der Waals surface area contributed by atoms with Gasteiger partial charge in [-0.3, -0.25) is 0 Å². The third-order valence-electron chi connectivity index (χ3n) is 4.07. The Morgan fingerprint density at radius 1 is 1.50 bits per heavy atom. The van der Waals surface area contributed by atoms with Gasteiger partial charge in [0.2, 0.25) is 0 Å². The van der Waals surface area contributed by atoms with Crippen molar-refractivity contribution in [2.24, 2.45) is 17.1 Å². The van der Waals surface area contributed by atoms with Gasteiger partial charge >= 0.3 is 0 Å². The van der Waals surface area contributed by atoms with E-state index in [2.05, 4.69) is 37.7 Å². The summed E-state index contributed by atoms with van der Waals surface area (Å²) >= 11 is 5.10. The maximum Gasteiger partial charge on any atom is 0.0784 e. The van der Waals surface area contributed by atoms with Crippen molar-refractivity contribution in [3.8, 4) is 0 Å². The van der Waals surface area contributed by atoms with Crippen LogP contribution >= 0.6 is 12.2 Å². The lowest BCUT2D eigenvalue weighted by Gasteiger charge is -2.25. The fraction of sp³-hybridized carbons (Fsp3) is 0.929. The Kier molecular flexibility index (Phi) is 6.02. The quantitative estimate of drug-likeness (QED) is 0.718. The molecule has 0 bridgehead atoms. The van der Waals surface area contributed by atoms with Gasteiger partial charge in [0.15, 0.2) is 0 Å². The van der Waals surface area contributed by atoms with Crippen LogP contribution < -0.4 is 5.73 Å². The SMILES string of the molecule is CN(CCCC(C)(C)C(N)=S)CC1CCN(C)C1. The Morgan fingerprint density at radius 3 is 2.67 bits per heavy atom. The van der Waals surface area contributed by atoms with E-state index in [1.807, 2.05) is 0 Å². The van der Waals surface area contributed by atoms with Crippen molar-refractivity contribution >= 4 is 17.2 Å². The molecule has 0 aliphatic carbocycles. The zero-order chi connectivity index (χ0) is 13.8.